The van der Waals surface area contributed by atoms with Crippen LogP contribution in [-0.4, -0.2) is 22.1 Å². The topological polar surface area (TPSA) is 63.8 Å². The van der Waals surface area contributed by atoms with Gasteiger partial charge in [-0.3, -0.25) is 0 Å². The Labute approximate surface area is 94.5 Å². The SMILES string of the molecule is Cc1ncnc(NC2CC(N)C2(C)C)c1F. The molecule has 1 aromatic heterocycles. The molecule has 0 saturated heterocycles. The van der Waals surface area contributed by atoms with Gasteiger partial charge in [0.15, 0.2) is 11.6 Å². The van der Waals surface area contributed by atoms with E-state index in [-0.39, 0.29) is 29.1 Å². The van der Waals surface area contributed by atoms with E-state index < -0.39 is 0 Å². The van der Waals surface area contributed by atoms with Crippen LogP contribution < -0.4 is 11.1 Å². The fraction of sp³-hybridized carbons (Fsp3) is 0.636. The molecule has 0 radical (unpaired) electrons. The van der Waals surface area contributed by atoms with Gasteiger partial charge in [0.1, 0.15) is 6.33 Å². The van der Waals surface area contributed by atoms with E-state index in [0.717, 1.165) is 6.42 Å². The van der Waals surface area contributed by atoms with Crippen molar-refractivity contribution in [3.05, 3.63) is 17.8 Å². The maximum Gasteiger partial charge on any atom is 0.186 e. The van der Waals surface area contributed by atoms with Gasteiger partial charge in [-0.25, -0.2) is 14.4 Å². The van der Waals surface area contributed by atoms with Gasteiger partial charge in [0.05, 0.1) is 5.69 Å². The van der Waals surface area contributed by atoms with Crippen molar-refractivity contribution in [2.75, 3.05) is 5.32 Å². The van der Waals surface area contributed by atoms with Crippen molar-refractivity contribution in [3.63, 3.8) is 0 Å². The number of nitrogens with one attached hydrogen (secondary N) is 1. The average molecular weight is 224 g/mol. The van der Waals surface area contributed by atoms with E-state index in [1.165, 1.54) is 6.33 Å². The van der Waals surface area contributed by atoms with Crippen molar-refractivity contribution in [1.82, 2.24) is 9.97 Å². The molecule has 1 heterocycles. The van der Waals surface area contributed by atoms with Crippen LogP contribution in [0, 0.1) is 18.2 Å². The molecule has 1 saturated carbocycles. The summed E-state index contributed by atoms with van der Waals surface area (Å²) >= 11 is 0. The minimum atomic E-state index is -0.376. The van der Waals surface area contributed by atoms with Crippen molar-refractivity contribution in [2.24, 2.45) is 11.1 Å². The molecule has 1 aliphatic rings. The lowest BCUT2D eigenvalue weighted by molar-refractivity contribution is 0.116. The number of nitrogens with zero attached hydrogens (tertiary/aromatic N) is 2. The molecule has 0 bridgehead atoms. The first-order valence-electron chi connectivity index (χ1n) is 5.42. The Kier molecular flexibility index (Phi) is 2.58. The third-order valence-electron chi connectivity index (χ3n) is 3.62. The van der Waals surface area contributed by atoms with Crippen LogP contribution in [0.2, 0.25) is 0 Å². The summed E-state index contributed by atoms with van der Waals surface area (Å²) < 4.78 is 13.7. The van der Waals surface area contributed by atoms with Crippen LogP contribution in [-0.2, 0) is 0 Å². The van der Waals surface area contributed by atoms with Gasteiger partial charge in [0.2, 0.25) is 0 Å². The molecule has 2 atom stereocenters. The monoisotopic (exact) mass is 224 g/mol. The van der Waals surface area contributed by atoms with Crippen LogP contribution in [0.5, 0.6) is 0 Å². The molecule has 2 unspecified atom stereocenters. The standard InChI is InChI=1S/C11H17FN4/c1-6-9(12)10(15-5-14-6)16-8-4-7(13)11(8,2)3/h5,7-8H,4,13H2,1-3H3,(H,14,15,16). The van der Waals surface area contributed by atoms with Gasteiger partial charge in [-0.2, -0.15) is 0 Å². The predicted octanol–water partition coefficient (Wildman–Crippen LogP) is 1.46. The molecule has 0 aliphatic heterocycles. The minimum absolute atomic E-state index is 0.0225. The van der Waals surface area contributed by atoms with Gasteiger partial charge < -0.3 is 11.1 Å². The van der Waals surface area contributed by atoms with Crippen LogP contribution in [0.15, 0.2) is 6.33 Å². The number of hydrogen-bond acceptors (Lipinski definition) is 4. The Morgan fingerprint density at radius 1 is 1.50 bits per heavy atom. The largest absolute Gasteiger partial charge is 0.364 e. The van der Waals surface area contributed by atoms with Gasteiger partial charge in [0.25, 0.3) is 0 Å². The number of halogens is 1. The molecular formula is C11H17FN4. The Morgan fingerprint density at radius 2 is 2.19 bits per heavy atom. The molecule has 0 amide bonds. The van der Waals surface area contributed by atoms with E-state index in [4.69, 9.17) is 5.73 Å². The molecule has 16 heavy (non-hydrogen) atoms. The Balaban J connectivity index is 2.14. The van der Waals surface area contributed by atoms with Gasteiger partial charge >= 0.3 is 0 Å². The molecule has 1 fully saturated rings. The third kappa shape index (κ3) is 1.65. The summed E-state index contributed by atoms with van der Waals surface area (Å²) in [6.07, 6.45) is 2.21. The molecule has 3 N–H and O–H groups in total. The van der Waals surface area contributed by atoms with E-state index >= 15 is 0 Å². The van der Waals surface area contributed by atoms with Gasteiger partial charge in [0, 0.05) is 17.5 Å². The molecule has 2 rings (SSSR count). The second-order valence-corrected chi connectivity index (χ2v) is 4.98. The first kappa shape index (κ1) is 11.3. The summed E-state index contributed by atoms with van der Waals surface area (Å²) in [6, 6.07) is 0.335. The molecule has 1 aromatic rings. The van der Waals surface area contributed by atoms with Crippen molar-refractivity contribution in [2.45, 2.75) is 39.3 Å². The van der Waals surface area contributed by atoms with E-state index in [0.29, 0.717) is 5.69 Å². The van der Waals surface area contributed by atoms with Crippen molar-refractivity contribution < 1.29 is 4.39 Å². The Hall–Kier alpha value is -1.23. The van der Waals surface area contributed by atoms with Crippen molar-refractivity contribution in [1.29, 1.82) is 0 Å². The maximum atomic E-state index is 13.7. The summed E-state index contributed by atoms with van der Waals surface area (Å²) in [5, 5.41) is 3.10. The normalized spacial score (nSPS) is 27.3. The van der Waals surface area contributed by atoms with E-state index in [2.05, 4.69) is 29.1 Å². The number of aryl methyl sites for hydroxylation is 1. The maximum absolute atomic E-state index is 13.7. The zero-order chi connectivity index (χ0) is 11.9. The fourth-order valence-corrected chi connectivity index (χ4v) is 1.93. The van der Waals surface area contributed by atoms with E-state index in [1.807, 2.05) is 0 Å². The number of aromatic nitrogens is 2. The molecule has 88 valence electrons. The zero-order valence-electron chi connectivity index (χ0n) is 9.79. The van der Waals surface area contributed by atoms with Crippen LogP contribution in [0.3, 0.4) is 0 Å². The summed E-state index contributed by atoms with van der Waals surface area (Å²) in [4.78, 5) is 7.70. The number of anilines is 1. The van der Waals surface area contributed by atoms with Crippen LogP contribution in [0.25, 0.3) is 0 Å². The number of rotatable bonds is 2. The van der Waals surface area contributed by atoms with Crippen LogP contribution in [0.1, 0.15) is 26.0 Å². The van der Waals surface area contributed by atoms with Gasteiger partial charge in [-0.05, 0) is 13.3 Å². The predicted molar refractivity (Wildman–Crippen MR) is 60.5 cm³/mol. The van der Waals surface area contributed by atoms with Crippen LogP contribution >= 0.6 is 0 Å². The minimum Gasteiger partial charge on any atom is -0.364 e. The first-order chi connectivity index (χ1) is 7.43. The van der Waals surface area contributed by atoms with E-state index in [9.17, 15) is 4.39 Å². The summed E-state index contributed by atoms with van der Waals surface area (Å²) in [5.74, 6) is -0.101. The molecule has 0 aromatic carbocycles. The van der Waals surface area contributed by atoms with Crippen molar-refractivity contribution >= 4 is 5.82 Å². The lowest BCUT2D eigenvalue weighted by Gasteiger charge is -2.50. The van der Waals surface area contributed by atoms with Crippen LogP contribution in [0.4, 0.5) is 10.2 Å². The number of hydrogen-bond donors (Lipinski definition) is 2. The zero-order valence-corrected chi connectivity index (χ0v) is 9.79. The second kappa shape index (κ2) is 3.66. The van der Waals surface area contributed by atoms with Gasteiger partial charge in [-0.15, -0.1) is 0 Å². The average Bonchev–Trinajstić information content (AvgIpc) is 2.24. The highest BCUT2D eigenvalue weighted by Gasteiger charge is 2.46. The first-order valence-corrected chi connectivity index (χ1v) is 5.42. The van der Waals surface area contributed by atoms with Crippen molar-refractivity contribution in [3.8, 4) is 0 Å². The molecule has 1 aliphatic carbocycles. The molecule has 0 spiro atoms. The lowest BCUT2D eigenvalue weighted by Crippen LogP contribution is -2.61. The second-order valence-electron chi connectivity index (χ2n) is 4.98. The Bertz CT molecular complexity index is 405. The summed E-state index contributed by atoms with van der Waals surface area (Å²) in [6.45, 7) is 5.77. The highest BCUT2D eigenvalue weighted by molar-refractivity contribution is 5.40. The quantitative estimate of drug-likeness (QED) is 0.798. The third-order valence-corrected chi connectivity index (χ3v) is 3.62. The lowest BCUT2D eigenvalue weighted by atomic mass is 9.63. The summed E-state index contributed by atoms with van der Waals surface area (Å²) in [7, 11) is 0. The summed E-state index contributed by atoms with van der Waals surface area (Å²) in [5.41, 5.74) is 6.24. The molecule has 5 heteroatoms. The molecular weight excluding hydrogens is 207 g/mol. The highest BCUT2D eigenvalue weighted by atomic mass is 19.1. The van der Waals surface area contributed by atoms with Gasteiger partial charge in [-0.1, -0.05) is 13.8 Å². The smallest absolute Gasteiger partial charge is 0.186 e. The fourth-order valence-electron chi connectivity index (χ4n) is 1.93. The van der Waals surface area contributed by atoms with E-state index in [1.54, 1.807) is 6.92 Å². The molecule has 4 nitrogen and oxygen atoms in total. The number of nitrogens with two attached hydrogens (primary N) is 1. The Morgan fingerprint density at radius 3 is 2.75 bits per heavy atom. The highest BCUT2D eigenvalue weighted by Crippen LogP contribution is 2.40.